The van der Waals surface area contributed by atoms with Crippen molar-refractivity contribution in [2.45, 2.75) is 32.6 Å². The van der Waals surface area contributed by atoms with Crippen molar-refractivity contribution in [1.82, 2.24) is 15.8 Å². The summed E-state index contributed by atoms with van der Waals surface area (Å²) < 4.78 is 5.17. The second kappa shape index (κ2) is 11.3. The molecule has 2 rings (SSSR count). The smallest absolute Gasteiger partial charge is 0.245 e. The molecule has 28 heavy (non-hydrogen) atoms. The Bertz CT molecular complexity index is 673. The first-order chi connectivity index (χ1) is 13.5. The standard InChI is InChI=1S/C21H32N4O3/c1-4-5-14-24(2)15-6-13-22-20(26)16-25-21(27)12-11-19(23-25)17-7-9-18(28-3)10-8-17/h7-11,23H,4-6,12-16H2,1-3H3,(H,22,26)/p+1. The zero-order chi connectivity index (χ0) is 20.4. The Morgan fingerprint density at radius 2 is 1.96 bits per heavy atom. The molecule has 7 heteroatoms. The fraction of sp³-hybridized carbons (Fsp3) is 0.524. The van der Waals surface area contributed by atoms with Crippen LogP contribution < -0.4 is 20.4 Å². The van der Waals surface area contributed by atoms with Gasteiger partial charge in [0.05, 0.1) is 32.9 Å². The van der Waals surface area contributed by atoms with E-state index in [9.17, 15) is 9.59 Å². The van der Waals surface area contributed by atoms with E-state index in [1.54, 1.807) is 7.11 Å². The second-order valence-electron chi connectivity index (χ2n) is 7.16. The molecule has 0 saturated heterocycles. The molecule has 1 atom stereocenters. The van der Waals surface area contributed by atoms with Crippen molar-refractivity contribution >= 4 is 17.5 Å². The van der Waals surface area contributed by atoms with Crippen LogP contribution in [0.1, 0.15) is 38.2 Å². The minimum atomic E-state index is -0.150. The highest BCUT2D eigenvalue weighted by molar-refractivity contribution is 5.88. The maximum Gasteiger partial charge on any atom is 0.245 e. The fourth-order valence-corrected chi connectivity index (χ4v) is 3.05. The fourth-order valence-electron chi connectivity index (χ4n) is 3.05. The number of hydrogen-bond acceptors (Lipinski definition) is 4. The molecule has 1 aliphatic heterocycles. The molecule has 0 radical (unpaired) electrons. The Balaban J connectivity index is 1.77. The van der Waals surface area contributed by atoms with Crippen LogP contribution >= 0.6 is 0 Å². The van der Waals surface area contributed by atoms with Gasteiger partial charge in [-0.05, 0) is 42.3 Å². The van der Waals surface area contributed by atoms with Crippen molar-refractivity contribution in [2.75, 3.05) is 40.3 Å². The topological polar surface area (TPSA) is 75.1 Å². The number of amides is 2. The highest BCUT2D eigenvalue weighted by Gasteiger charge is 2.22. The molecule has 154 valence electrons. The van der Waals surface area contributed by atoms with Gasteiger partial charge in [-0.15, -0.1) is 0 Å². The van der Waals surface area contributed by atoms with Crippen molar-refractivity contribution < 1.29 is 19.2 Å². The van der Waals surface area contributed by atoms with Crippen molar-refractivity contribution in [2.24, 2.45) is 0 Å². The number of methoxy groups -OCH3 is 1. The number of hydrazine groups is 1. The lowest BCUT2D eigenvalue weighted by Crippen LogP contribution is -3.09. The van der Waals surface area contributed by atoms with E-state index in [1.807, 2.05) is 30.3 Å². The van der Waals surface area contributed by atoms with E-state index >= 15 is 0 Å². The molecule has 1 heterocycles. The third kappa shape index (κ3) is 6.88. The number of hydrogen-bond donors (Lipinski definition) is 3. The Kier molecular flexibility index (Phi) is 8.81. The first-order valence-corrected chi connectivity index (χ1v) is 10.0. The molecule has 1 aliphatic rings. The van der Waals surface area contributed by atoms with E-state index in [2.05, 4.69) is 24.7 Å². The molecule has 2 amide bonds. The highest BCUT2D eigenvalue weighted by Crippen LogP contribution is 2.20. The van der Waals surface area contributed by atoms with E-state index in [1.165, 1.54) is 22.8 Å². The van der Waals surface area contributed by atoms with Crippen LogP contribution in [0.3, 0.4) is 0 Å². The van der Waals surface area contributed by atoms with Gasteiger partial charge in [-0.2, -0.15) is 0 Å². The van der Waals surface area contributed by atoms with Gasteiger partial charge in [-0.3, -0.25) is 15.0 Å². The van der Waals surface area contributed by atoms with Crippen LogP contribution in [0.4, 0.5) is 0 Å². The van der Waals surface area contributed by atoms with Gasteiger partial charge in [0.15, 0.2) is 0 Å². The van der Waals surface area contributed by atoms with Crippen LogP contribution in [-0.2, 0) is 9.59 Å². The lowest BCUT2D eigenvalue weighted by atomic mass is 10.1. The maximum atomic E-state index is 12.2. The van der Waals surface area contributed by atoms with Gasteiger partial charge >= 0.3 is 0 Å². The summed E-state index contributed by atoms with van der Waals surface area (Å²) in [6, 6.07) is 7.57. The summed E-state index contributed by atoms with van der Waals surface area (Å²) in [7, 11) is 3.80. The average molecular weight is 390 g/mol. The van der Waals surface area contributed by atoms with Crippen molar-refractivity contribution in [3.63, 3.8) is 0 Å². The maximum absolute atomic E-state index is 12.2. The van der Waals surface area contributed by atoms with Crippen LogP contribution in [0.15, 0.2) is 30.3 Å². The third-order valence-electron chi connectivity index (χ3n) is 4.80. The van der Waals surface area contributed by atoms with Gasteiger partial charge in [-0.1, -0.05) is 13.3 Å². The molecule has 0 aromatic heterocycles. The van der Waals surface area contributed by atoms with Crippen molar-refractivity contribution in [3.8, 4) is 5.75 Å². The Labute approximate surface area is 167 Å². The van der Waals surface area contributed by atoms with Crippen molar-refractivity contribution in [3.05, 3.63) is 35.9 Å². The van der Waals surface area contributed by atoms with E-state index in [0.717, 1.165) is 36.5 Å². The molecule has 3 N–H and O–H groups in total. The summed E-state index contributed by atoms with van der Waals surface area (Å²) in [5.74, 6) is 0.508. The molecule has 7 nitrogen and oxygen atoms in total. The molecule has 0 fully saturated rings. The average Bonchev–Trinajstić information content (AvgIpc) is 2.71. The molecule has 1 unspecified atom stereocenters. The van der Waals surface area contributed by atoms with Crippen molar-refractivity contribution in [1.29, 1.82) is 0 Å². The number of unbranched alkanes of at least 4 members (excludes halogenated alkanes) is 1. The van der Waals surface area contributed by atoms with E-state index in [-0.39, 0.29) is 24.8 Å². The second-order valence-corrected chi connectivity index (χ2v) is 7.16. The van der Waals surface area contributed by atoms with Gasteiger partial charge < -0.3 is 15.0 Å². The summed E-state index contributed by atoms with van der Waals surface area (Å²) in [5, 5.41) is 4.29. The Morgan fingerprint density at radius 3 is 2.64 bits per heavy atom. The summed E-state index contributed by atoms with van der Waals surface area (Å²) in [6.07, 6.45) is 5.48. The Hall–Kier alpha value is -2.54. The predicted molar refractivity (Wildman–Crippen MR) is 110 cm³/mol. The molecule has 1 aromatic carbocycles. The zero-order valence-corrected chi connectivity index (χ0v) is 17.2. The molecule has 1 aromatic rings. The molecule has 0 saturated carbocycles. The monoisotopic (exact) mass is 389 g/mol. The number of carbonyl (C=O) groups excluding carboxylic acids is 2. The SMILES string of the molecule is CCCC[NH+](C)CCCNC(=O)CN1NC(c2ccc(OC)cc2)=CCC1=O. The molecular formula is C21H33N4O3+. The van der Waals surface area contributed by atoms with Crippen LogP contribution in [0.5, 0.6) is 5.75 Å². The van der Waals surface area contributed by atoms with E-state index in [4.69, 9.17) is 4.74 Å². The molecule has 0 aliphatic carbocycles. The molecular weight excluding hydrogens is 356 g/mol. The Morgan fingerprint density at radius 1 is 1.25 bits per heavy atom. The minimum Gasteiger partial charge on any atom is -0.497 e. The molecule has 0 bridgehead atoms. The first kappa shape index (κ1) is 21.8. The number of carbonyl (C=O) groups is 2. The summed E-state index contributed by atoms with van der Waals surface area (Å²) in [6.45, 7) is 5.03. The normalized spacial score (nSPS) is 14.9. The van der Waals surface area contributed by atoms with Crippen LogP contribution in [0.25, 0.3) is 5.70 Å². The summed E-state index contributed by atoms with van der Waals surface area (Å²) in [5.41, 5.74) is 4.82. The lowest BCUT2D eigenvalue weighted by molar-refractivity contribution is -0.879. The van der Waals surface area contributed by atoms with Gasteiger partial charge in [0.25, 0.3) is 0 Å². The zero-order valence-electron chi connectivity index (χ0n) is 17.2. The quantitative estimate of drug-likeness (QED) is 0.485. The predicted octanol–water partition coefficient (Wildman–Crippen LogP) is 0.594. The van der Waals surface area contributed by atoms with Crippen LogP contribution in [0.2, 0.25) is 0 Å². The van der Waals surface area contributed by atoms with E-state index in [0.29, 0.717) is 6.54 Å². The van der Waals surface area contributed by atoms with Gasteiger partial charge in [0, 0.05) is 19.4 Å². The number of ether oxygens (including phenoxy) is 1. The van der Waals surface area contributed by atoms with Gasteiger partial charge in [0.2, 0.25) is 11.8 Å². The highest BCUT2D eigenvalue weighted by atomic mass is 16.5. The number of rotatable bonds is 11. The summed E-state index contributed by atoms with van der Waals surface area (Å²) >= 11 is 0. The number of benzene rings is 1. The van der Waals surface area contributed by atoms with E-state index < -0.39 is 0 Å². The first-order valence-electron chi connectivity index (χ1n) is 10.0. The largest absolute Gasteiger partial charge is 0.497 e. The number of nitrogens with one attached hydrogen (secondary N) is 3. The van der Waals surface area contributed by atoms with Gasteiger partial charge in [0.1, 0.15) is 12.3 Å². The summed E-state index contributed by atoms with van der Waals surface area (Å²) in [4.78, 5) is 25.8. The lowest BCUT2D eigenvalue weighted by Gasteiger charge is -2.29. The van der Waals surface area contributed by atoms with Crippen LogP contribution in [0, 0.1) is 0 Å². The van der Waals surface area contributed by atoms with Crippen LogP contribution in [-0.4, -0.2) is 57.2 Å². The number of nitrogens with zero attached hydrogens (tertiary/aromatic N) is 1. The molecule has 0 spiro atoms. The van der Waals surface area contributed by atoms with Gasteiger partial charge in [-0.25, -0.2) is 5.01 Å². The third-order valence-corrected chi connectivity index (χ3v) is 4.80. The number of quaternary nitrogens is 1. The minimum absolute atomic E-state index is 0.00482.